The number of halogens is 2. The Morgan fingerprint density at radius 1 is 1.18 bits per heavy atom. The highest BCUT2D eigenvalue weighted by molar-refractivity contribution is 14.0. The smallest absolute Gasteiger partial charge is 0.265 e. The third-order valence-electron chi connectivity index (χ3n) is 4.29. The zero-order chi connectivity index (χ0) is 19.1. The molecule has 150 valence electrons. The van der Waals surface area contributed by atoms with E-state index < -0.39 is 0 Å². The van der Waals surface area contributed by atoms with Crippen molar-refractivity contribution in [2.75, 3.05) is 31.6 Å². The van der Waals surface area contributed by atoms with Crippen molar-refractivity contribution < 1.29 is 13.9 Å². The predicted octanol–water partition coefficient (Wildman–Crippen LogP) is 2.92. The zero-order valence-corrected chi connectivity index (χ0v) is 18.0. The van der Waals surface area contributed by atoms with Gasteiger partial charge in [0, 0.05) is 32.2 Å². The Bertz CT molecular complexity index is 831. The van der Waals surface area contributed by atoms with E-state index in [0.29, 0.717) is 31.2 Å². The fourth-order valence-electron chi connectivity index (χ4n) is 2.88. The molecule has 2 N–H and O–H groups in total. The Kier molecular flexibility index (Phi) is 8.49. The van der Waals surface area contributed by atoms with E-state index in [1.54, 1.807) is 30.1 Å². The summed E-state index contributed by atoms with van der Waals surface area (Å²) in [4.78, 5) is 18.0. The average Bonchev–Trinajstić information content (AvgIpc) is 2.70. The van der Waals surface area contributed by atoms with Crippen LogP contribution in [-0.2, 0) is 11.3 Å². The van der Waals surface area contributed by atoms with Gasteiger partial charge in [-0.3, -0.25) is 9.79 Å². The minimum atomic E-state index is -0.245. The summed E-state index contributed by atoms with van der Waals surface area (Å²) >= 11 is 0. The van der Waals surface area contributed by atoms with Crippen LogP contribution in [-0.4, -0.2) is 38.6 Å². The van der Waals surface area contributed by atoms with E-state index in [1.807, 2.05) is 24.3 Å². The van der Waals surface area contributed by atoms with Crippen molar-refractivity contribution in [1.82, 2.24) is 10.6 Å². The Hall–Kier alpha value is -2.36. The number of anilines is 1. The molecule has 0 fully saturated rings. The van der Waals surface area contributed by atoms with Crippen LogP contribution in [0.25, 0.3) is 0 Å². The summed E-state index contributed by atoms with van der Waals surface area (Å²) in [5.41, 5.74) is 1.38. The van der Waals surface area contributed by atoms with Gasteiger partial charge in [0.15, 0.2) is 12.6 Å². The minimum absolute atomic E-state index is 0. The number of guanidine groups is 1. The molecule has 2 aromatic rings. The number of ether oxygens (including phenoxy) is 1. The van der Waals surface area contributed by atoms with E-state index in [0.717, 1.165) is 17.9 Å². The maximum absolute atomic E-state index is 13.7. The molecule has 0 aliphatic carbocycles. The number of nitrogens with zero attached hydrogens (tertiary/aromatic N) is 2. The number of benzene rings is 2. The number of rotatable bonds is 6. The summed E-state index contributed by atoms with van der Waals surface area (Å²) in [5, 5.41) is 6.27. The number of para-hydroxylation sites is 2. The number of amides is 1. The van der Waals surface area contributed by atoms with Gasteiger partial charge in [-0.2, -0.15) is 0 Å². The van der Waals surface area contributed by atoms with Crippen molar-refractivity contribution in [3.8, 4) is 5.75 Å². The molecule has 0 unspecified atom stereocenters. The molecule has 0 atom stereocenters. The van der Waals surface area contributed by atoms with Crippen LogP contribution in [0.4, 0.5) is 10.1 Å². The molecule has 1 heterocycles. The molecule has 0 bridgehead atoms. The van der Waals surface area contributed by atoms with Gasteiger partial charge in [0.05, 0.1) is 5.69 Å². The van der Waals surface area contributed by atoms with E-state index >= 15 is 0 Å². The first kappa shape index (κ1) is 21.9. The number of nitrogens with one attached hydrogen (secondary N) is 2. The highest BCUT2D eigenvalue weighted by Crippen LogP contribution is 2.31. The maximum atomic E-state index is 13.7. The van der Waals surface area contributed by atoms with Gasteiger partial charge in [0.25, 0.3) is 5.91 Å². The normalized spacial score (nSPS) is 13.3. The predicted molar refractivity (Wildman–Crippen MR) is 119 cm³/mol. The van der Waals surface area contributed by atoms with Gasteiger partial charge in [0.1, 0.15) is 11.6 Å². The van der Waals surface area contributed by atoms with Crippen molar-refractivity contribution in [3.63, 3.8) is 0 Å². The second-order valence-electron chi connectivity index (χ2n) is 6.10. The highest BCUT2D eigenvalue weighted by Gasteiger charge is 2.24. The molecule has 0 spiro atoms. The summed E-state index contributed by atoms with van der Waals surface area (Å²) in [5.74, 6) is 1.03. The number of hydrogen-bond donors (Lipinski definition) is 2. The van der Waals surface area contributed by atoms with Crippen LogP contribution in [0.1, 0.15) is 12.0 Å². The number of fused-ring (bicyclic) bond motifs is 1. The van der Waals surface area contributed by atoms with Crippen LogP contribution in [0.2, 0.25) is 0 Å². The quantitative estimate of drug-likeness (QED) is 0.278. The van der Waals surface area contributed by atoms with Crippen LogP contribution in [0.3, 0.4) is 0 Å². The number of carbonyl (C=O) groups is 1. The number of carbonyl (C=O) groups excluding carboxylic acids is 1. The monoisotopic (exact) mass is 498 g/mol. The Balaban J connectivity index is 0.00000280. The zero-order valence-electron chi connectivity index (χ0n) is 15.7. The molecule has 0 saturated carbocycles. The van der Waals surface area contributed by atoms with Gasteiger partial charge in [-0.25, -0.2) is 4.39 Å². The molecule has 2 aromatic carbocycles. The second-order valence-corrected chi connectivity index (χ2v) is 6.10. The standard InChI is InChI=1S/C20H23FN4O2.HI/c1-22-20(24-13-15-7-2-3-8-16(15)21)23-11-6-12-25-17-9-4-5-10-18(17)27-14-19(25)26;/h2-5,7-10H,6,11-14H2,1H3,(H2,22,23,24);1H. The van der Waals surface area contributed by atoms with E-state index in [1.165, 1.54) is 6.07 Å². The van der Waals surface area contributed by atoms with E-state index in [-0.39, 0.29) is 42.3 Å². The van der Waals surface area contributed by atoms with Crippen molar-refractivity contribution in [1.29, 1.82) is 0 Å². The fourth-order valence-corrected chi connectivity index (χ4v) is 2.88. The Labute approximate surface area is 181 Å². The Morgan fingerprint density at radius 3 is 2.71 bits per heavy atom. The largest absolute Gasteiger partial charge is 0.482 e. The lowest BCUT2D eigenvalue weighted by Crippen LogP contribution is -2.42. The summed E-state index contributed by atoms with van der Waals surface area (Å²) in [7, 11) is 1.67. The molecule has 0 aromatic heterocycles. The summed E-state index contributed by atoms with van der Waals surface area (Å²) in [6.45, 7) is 1.62. The third-order valence-corrected chi connectivity index (χ3v) is 4.29. The molecule has 28 heavy (non-hydrogen) atoms. The van der Waals surface area contributed by atoms with E-state index in [4.69, 9.17) is 4.74 Å². The summed E-state index contributed by atoms with van der Waals surface area (Å²) in [6.07, 6.45) is 0.737. The van der Waals surface area contributed by atoms with Crippen molar-refractivity contribution >= 4 is 41.5 Å². The lowest BCUT2D eigenvalue weighted by molar-refractivity contribution is -0.121. The molecule has 6 nitrogen and oxygen atoms in total. The summed E-state index contributed by atoms with van der Waals surface area (Å²) in [6, 6.07) is 14.2. The SMILES string of the molecule is CN=C(NCCCN1C(=O)COc2ccccc21)NCc1ccccc1F.I. The van der Waals surface area contributed by atoms with Crippen LogP contribution >= 0.6 is 24.0 Å². The molecule has 3 rings (SSSR count). The van der Waals surface area contributed by atoms with Crippen molar-refractivity contribution in [2.24, 2.45) is 4.99 Å². The maximum Gasteiger partial charge on any atom is 0.265 e. The lowest BCUT2D eigenvalue weighted by Gasteiger charge is -2.29. The van der Waals surface area contributed by atoms with Gasteiger partial charge in [-0.1, -0.05) is 30.3 Å². The van der Waals surface area contributed by atoms with E-state index in [9.17, 15) is 9.18 Å². The third kappa shape index (κ3) is 5.57. The molecule has 1 amide bonds. The minimum Gasteiger partial charge on any atom is -0.482 e. The first-order valence-electron chi connectivity index (χ1n) is 8.89. The first-order chi connectivity index (χ1) is 13.2. The van der Waals surface area contributed by atoms with Gasteiger partial charge in [-0.05, 0) is 24.6 Å². The van der Waals surface area contributed by atoms with E-state index in [2.05, 4.69) is 15.6 Å². The van der Waals surface area contributed by atoms with Crippen molar-refractivity contribution in [3.05, 3.63) is 59.9 Å². The van der Waals surface area contributed by atoms with Gasteiger partial charge in [0.2, 0.25) is 0 Å². The molecule has 1 aliphatic heterocycles. The first-order valence-corrected chi connectivity index (χ1v) is 8.89. The van der Waals surface area contributed by atoms with Crippen LogP contribution < -0.4 is 20.3 Å². The lowest BCUT2D eigenvalue weighted by atomic mass is 10.2. The average molecular weight is 498 g/mol. The molecular weight excluding hydrogens is 474 g/mol. The number of hydrogen-bond acceptors (Lipinski definition) is 3. The van der Waals surface area contributed by atoms with Gasteiger partial charge < -0.3 is 20.3 Å². The number of aliphatic imine (C=N–C) groups is 1. The summed E-state index contributed by atoms with van der Waals surface area (Å²) < 4.78 is 19.1. The second kappa shape index (κ2) is 10.8. The highest BCUT2D eigenvalue weighted by atomic mass is 127. The van der Waals surface area contributed by atoms with Crippen LogP contribution in [0.5, 0.6) is 5.75 Å². The molecule has 1 aliphatic rings. The van der Waals surface area contributed by atoms with Gasteiger partial charge in [-0.15, -0.1) is 24.0 Å². The van der Waals surface area contributed by atoms with Gasteiger partial charge >= 0.3 is 0 Å². The molecular formula is C20H24FIN4O2. The fraction of sp³-hybridized carbons (Fsp3) is 0.300. The molecule has 8 heteroatoms. The van der Waals surface area contributed by atoms with Crippen LogP contribution in [0.15, 0.2) is 53.5 Å². The molecule has 0 saturated heterocycles. The molecule has 0 radical (unpaired) electrons. The Morgan fingerprint density at radius 2 is 1.93 bits per heavy atom. The topological polar surface area (TPSA) is 66.0 Å². The van der Waals surface area contributed by atoms with Crippen molar-refractivity contribution in [2.45, 2.75) is 13.0 Å². The van der Waals surface area contributed by atoms with Crippen LogP contribution in [0, 0.1) is 5.82 Å².